The molecular weight excluding hydrogens is 45.6 g/mol. The highest BCUT2D eigenvalue weighted by Gasteiger charge is 2.16. The summed E-state index contributed by atoms with van der Waals surface area (Å²) < 4.78 is 0. The van der Waals surface area contributed by atoms with E-state index in [4.69, 9.17) is 7.74 Å². The van der Waals surface area contributed by atoms with E-state index >= 15 is 0 Å². The summed E-state index contributed by atoms with van der Waals surface area (Å²) in [5.41, 5.74) is 0. The van der Waals surface area contributed by atoms with Gasteiger partial charge >= 0.3 is 0 Å². The molecule has 0 aromatic carbocycles. The molecule has 0 saturated carbocycles. The Morgan fingerprint density at radius 1 is 1.50 bits per heavy atom. The Kier molecular flexibility index (Phi) is 0.320. The van der Waals surface area contributed by atoms with Gasteiger partial charge in [0.05, 0.1) is 6.60 Å². The zero-order valence-electron chi connectivity index (χ0n) is 2.57. The van der Waals surface area contributed by atoms with E-state index in [1.165, 1.54) is 12.6 Å². The van der Waals surface area contributed by atoms with E-state index in [1.807, 2.05) is 0 Å². The van der Waals surface area contributed by atoms with E-state index in [9.17, 15) is 0 Å². The first-order valence-electron chi connectivity index (χ1n) is 1.65. The van der Waals surface area contributed by atoms with Gasteiger partial charge in [-0.15, -0.1) is 0 Å². The number of hydrogen-bond donors (Lipinski definition) is 0. The Morgan fingerprint density at radius 2 is 1.75 bits per heavy atom. The fourth-order valence-corrected chi connectivity index (χ4v) is 0.0962. The molecule has 1 saturated heterocycles. The lowest BCUT2D eigenvalue weighted by atomic mass is 9.49. The van der Waals surface area contributed by atoms with E-state index < -0.39 is 0 Å². The molecule has 0 bridgehead atoms. The van der Waals surface area contributed by atoms with Gasteiger partial charge in [0.1, 0.15) is 0 Å². The Bertz CT molecular complexity index is 23.2. The maximum absolute atomic E-state index is 5.22. The van der Waals surface area contributed by atoms with Crippen molar-refractivity contribution in [3.05, 3.63) is 0 Å². The lowest BCUT2D eigenvalue weighted by molar-refractivity contribution is 1.69. The molecule has 1 aliphatic heterocycles. The van der Waals surface area contributed by atoms with Crippen LogP contribution in [0, 0.1) is 0 Å². The normalized spacial score (nSPS) is 21.5. The molecule has 0 spiro atoms. The van der Waals surface area contributed by atoms with Crippen molar-refractivity contribution in [3.8, 4) is 0 Å². The minimum atomic E-state index is 0.583. The van der Waals surface area contributed by atoms with Crippen molar-refractivity contribution in [2.75, 3.05) is 0 Å². The van der Waals surface area contributed by atoms with Gasteiger partial charge in [0, 0.05) is 7.74 Å². The Balaban J connectivity index is 2.17. The largest absolute Gasteiger partial charge is 0.0888 e. The van der Waals surface area contributed by atoms with Gasteiger partial charge in [-0.05, 0) is 0 Å². The van der Waals surface area contributed by atoms with Crippen LogP contribution in [0.15, 0.2) is 0 Å². The molecule has 0 nitrogen and oxygen atoms in total. The lowest BCUT2D eigenvalue weighted by Crippen LogP contribution is -1.77. The van der Waals surface area contributed by atoms with Crippen LogP contribution in [-0.4, -0.2) is 14.3 Å². The van der Waals surface area contributed by atoms with E-state index in [-0.39, 0.29) is 0 Å². The molecule has 0 unspecified atom stereocenters. The Hall–Kier alpha value is 0.130. The lowest BCUT2D eigenvalue weighted by Gasteiger charge is -1.44. The average molecular weight is 49.7 g/mol. The predicted molar refractivity (Wildman–Crippen MR) is 21.1 cm³/mol. The second-order valence-corrected chi connectivity index (χ2v) is 1.34. The topological polar surface area (TPSA) is 0 Å². The van der Waals surface area contributed by atoms with Crippen LogP contribution in [0.25, 0.3) is 0 Å². The van der Waals surface area contributed by atoms with Crippen LogP contribution in [0.4, 0.5) is 0 Å². The third-order valence-electron chi connectivity index (χ3n) is 0.622. The van der Waals surface area contributed by atoms with Gasteiger partial charge in [-0.25, -0.2) is 0 Å². The molecule has 2 radical (unpaired) electrons. The van der Waals surface area contributed by atoms with E-state index in [0.717, 1.165) is 0 Å². The average Bonchev–Trinajstić information content (AvgIpc) is 1.75. The first kappa shape index (κ1) is 2.37. The summed E-state index contributed by atoms with van der Waals surface area (Å²) in [7, 11) is 5.22. The van der Waals surface area contributed by atoms with Gasteiger partial charge in [0.25, 0.3) is 0 Å². The van der Waals surface area contributed by atoms with Gasteiger partial charge in [-0.3, -0.25) is 0 Å². The summed E-state index contributed by atoms with van der Waals surface area (Å²) in [6, 6.07) is 0. The summed E-state index contributed by atoms with van der Waals surface area (Å²) >= 11 is 0. The van der Waals surface area contributed by atoms with Gasteiger partial charge < -0.3 is 0 Å². The molecule has 18 valence electrons. The molecule has 4 heavy (non-hydrogen) atoms. The molecule has 0 aromatic heterocycles. The number of rotatable bonds is 0. The molecule has 1 aliphatic rings. The summed E-state index contributed by atoms with van der Waals surface area (Å²) in [5.74, 6) is 0. The molecule has 1 heterocycles. The minimum absolute atomic E-state index is 0.583. The van der Waals surface area contributed by atoms with Crippen molar-refractivity contribution in [1.29, 1.82) is 0 Å². The van der Waals surface area contributed by atoms with E-state index in [1.54, 1.807) is 0 Å². The third-order valence-corrected chi connectivity index (χ3v) is 0.622. The fraction of sp³-hybridized carbons (Fsp3) is 1.00. The van der Waals surface area contributed by atoms with Crippen molar-refractivity contribution in [3.63, 3.8) is 0 Å². The van der Waals surface area contributed by atoms with Gasteiger partial charge in [-0.2, -0.15) is 0 Å². The van der Waals surface area contributed by atoms with Crippen molar-refractivity contribution >= 4 is 14.3 Å². The minimum Gasteiger partial charge on any atom is -0.0888 e. The first-order chi connectivity index (χ1) is 1.89. The summed E-state index contributed by atoms with van der Waals surface area (Å²) in [4.78, 5) is 0. The molecule has 0 atom stereocenters. The molecule has 0 aliphatic carbocycles. The fourth-order valence-electron chi connectivity index (χ4n) is 0.0962. The highest BCUT2D eigenvalue weighted by atomic mass is 13.8. The Morgan fingerprint density at radius 3 is 1.75 bits per heavy atom. The van der Waals surface area contributed by atoms with Crippen LogP contribution in [-0.2, 0) is 0 Å². The Labute approximate surface area is 28.1 Å². The molecular formula is C2H4B2. The van der Waals surface area contributed by atoms with Crippen LogP contribution in [0.3, 0.4) is 0 Å². The smallest absolute Gasteiger partial charge is 0.0887 e. The van der Waals surface area contributed by atoms with Crippen LogP contribution in [0.1, 0.15) is 0 Å². The van der Waals surface area contributed by atoms with Gasteiger partial charge in [0.2, 0.25) is 0 Å². The quantitative estimate of drug-likeness (QED) is 0.343. The van der Waals surface area contributed by atoms with Crippen molar-refractivity contribution in [2.24, 2.45) is 0 Å². The van der Waals surface area contributed by atoms with Crippen molar-refractivity contribution < 1.29 is 0 Å². The molecule has 0 amide bonds. The zero-order valence-corrected chi connectivity index (χ0v) is 2.57. The van der Waals surface area contributed by atoms with E-state index in [2.05, 4.69) is 0 Å². The SMILES string of the molecule is [B]B1CC1. The molecule has 1 fully saturated rings. The summed E-state index contributed by atoms with van der Waals surface area (Å²) in [5, 5.41) is 0. The number of hydrogen-bond acceptors (Lipinski definition) is 0. The maximum Gasteiger partial charge on any atom is 0.0887 e. The highest BCUT2D eigenvalue weighted by Crippen LogP contribution is 2.15. The zero-order chi connectivity index (χ0) is 2.99. The second kappa shape index (κ2) is 0.540. The molecule has 0 aromatic rings. The predicted octanol–water partition coefficient (Wildman–Crippen LogP) is 0.160. The van der Waals surface area contributed by atoms with Crippen LogP contribution >= 0.6 is 0 Å². The van der Waals surface area contributed by atoms with Crippen LogP contribution in [0.5, 0.6) is 0 Å². The highest BCUT2D eigenvalue weighted by molar-refractivity contribution is 7.09. The molecule has 2 heteroatoms. The summed E-state index contributed by atoms with van der Waals surface area (Å²) in [6.07, 6.45) is 2.53. The monoisotopic (exact) mass is 50.0 g/mol. The third kappa shape index (κ3) is 0.278. The first-order valence-corrected chi connectivity index (χ1v) is 1.65. The molecule has 0 N–H and O–H groups in total. The van der Waals surface area contributed by atoms with Gasteiger partial charge in [0.15, 0.2) is 0 Å². The van der Waals surface area contributed by atoms with Crippen LogP contribution < -0.4 is 0 Å². The summed E-state index contributed by atoms with van der Waals surface area (Å²) in [6.45, 7) is 0.583. The van der Waals surface area contributed by atoms with Crippen molar-refractivity contribution in [1.82, 2.24) is 0 Å². The van der Waals surface area contributed by atoms with E-state index in [0.29, 0.717) is 6.60 Å². The maximum atomic E-state index is 5.22. The molecule has 1 rings (SSSR count). The standard InChI is InChI=1S/C2H4B2/c3-4-1-2-4/h1-2H2. The van der Waals surface area contributed by atoms with Crippen LogP contribution in [0.2, 0.25) is 12.6 Å². The van der Waals surface area contributed by atoms with Gasteiger partial charge in [-0.1, -0.05) is 12.6 Å². The van der Waals surface area contributed by atoms with Crippen molar-refractivity contribution in [2.45, 2.75) is 12.6 Å². The second-order valence-electron chi connectivity index (χ2n) is 1.34.